The van der Waals surface area contributed by atoms with E-state index < -0.39 is 0 Å². The molecule has 1 unspecified atom stereocenters. The van der Waals surface area contributed by atoms with Crippen molar-refractivity contribution in [3.8, 4) is 12.3 Å². The third kappa shape index (κ3) is 3.49. The first kappa shape index (κ1) is 11.2. The van der Waals surface area contributed by atoms with E-state index in [4.69, 9.17) is 6.42 Å². The second-order valence-corrected chi connectivity index (χ2v) is 3.77. The van der Waals surface area contributed by atoms with Gasteiger partial charge >= 0.3 is 0 Å². The molecular weight excluding hydrogens is 176 g/mol. The number of Topliss-reactive ketones (excluding diaryl/α,β-unsaturated/α-hetero) is 1. The highest BCUT2D eigenvalue weighted by atomic mass is 16.1. The topological polar surface area (TPSA) is 32.3 Å². The largest absolute Gasteiger partial charge is 0.307 e. The number of ketones is 1. The molecule has 78 valence electrons. The summed E-state index contributed by atoms with van der Waals surface area (Å²) < 4.78 is 0. The van der Waals surface area contributed by atoms with E-state index in [9.17, 15) is 4.79 Å². The Morgan fingerprint density at radius 3 is 3.00 bits per heavy atom. The number of hydrogen-bond acceptors (Lipinski definition) is 3. The summed E-state index contributed by atoms with van der Waals surface area (Å²) in [7, 11) is 2.04. The Morgan fingerprint density at radius 1 is 1.64 bits per heavy atom. The summed E-state index contributed by atoms with van der Waals surface area (Å²) in [6.45, 7) is 2.69. The number of carbonyl (C=O) groups is 1. The van der Waals surface area contributed by atoms with Gasteiger partial charge in [-0.2, -0.15) is 0 Å². The molecule has 1 heterocycles. The van der Waals surface area contributed by atoms with Crippen molar-refractivity contribution in [3.63, 3.8) is 0 Å². The van der Waals surface area contributed by atoms with E-state index in [-0.39, 0.29) is 6.04 Å². The number of nitrogens with one attached hydrogen (secondary N) is 1. The molecule has 0 aromatic heterocycles. The van der Waals surface area contributed by atoms with Crippen molar-refractivity contribution in [1.82, 2.24) is 10.2 Å². The first-order chi connectivity index (χ1) is 6.74. The zero-order valence-electron chi connectivity index (χ0n) is 8.75. The van der Waals surface area contributed by atoms with Crippen molar-refractivity contribution < 1.29 is 4.79 Å². The maximum Gasteiger partial charge on any atom is 0.151 e. The van der Waals surface area contributed by atoms with E-state index in [1.54, 1.807) is 0 Å². The van der Waals surface area contributed by atoms with Crippen molar-refractivity contribution in [2.45, 2.75) is 25.3 Å². The minimum atomic E-state index is 0.0864. The van der Waals surface area contributed by atoms with Gasteiger partial charge in [0.2, 0.25) is 0 Å². The smallest absolute Gasteiger partial charge is 0.151 e. The van der Waals surface area contributed by atoms with Crippen molar-refractivity contribution in [3.05, 3.63) is 0 Å². The molecule has 0 aromatic carbocycles. The van der Waals surface area contributed by atoms with E-state index >= 15 is 0 Å². The molecule has 1 N–H and O–H groups in total. The lowest BCUT2D eigenvalue weighted by atomic mass is 10.1. The van der Waals surface area contributed by atoms with Crippen LogP contribution < -0.4 is 5.32 Å². The Bertz CT molecular complexity index is 232. The van der Waals surface area contributed by atoms with Gasteiger partial charge in [-0.15, -0.1) is 12.3 Å². The van der Waals surface area contributed by atoms with Crippen molar-refractivity contribution in [2.24, 2.45) is 0 Å². The monoisotopic (exact) mass is 194 g/mol. The molecule has 1 saturated heterocycles. The second kappa shape index (κ2) is 5.79. The zero-order valence-corrected chi connectivity index (χ0v) is 8.75. The van der Waals surface area contributed by atoms with Gasteiger partial charge in [0, 0.05) is 25.9 Å². The lowest BCUT2D eigenvalue weighted by molar-refractivity contribution is -0.118. The summed E-state index contributed by atoms with van der Waals surface area (Å²) >= 11 is 0. The molecule has 0 spiro atoms. The highest BCUT2D eigenvalue weighted by Crippen LogP contribution is 2.05. The highest BCUT2D eigenvalue weighted by Gasteiger charge is 2.23. The van der Waals surface area contributed by atoms with Crippen LogP contribution >= 0.6 is 0 Å². The Labute approximate surface area is 85.9 Å². The average Bonchev–Trinajstić information content (AvgIpc) is 2.58. The molecule has 3 heteroatoms. The Morgan fingerprint density at radius 2 is 2.43 bits per heavy atom. The number of hydrogen-bond donors (Lipinski definition) is 1. The van der Waals surface area contributed by atoms with Gasteiger partial charge in [0.15, 0.2) is 5.78 Å². The van der Waals surface area contributed by atoms with Crippen LogP contribution in [-0.4, -0.2) is 43.4 Å². The average molecular weight is 194 g/mol. The van der Waals surface area contributed by atoms with E-state index in [2.05, 4.69) is 16.1 Å². The van der Waals surface area contributed by atoms with Gasteiger partial charge in [0.25, 0.3) is 0 Å². The van der Waals surface area contributed by atoms with Gasteiger partial charge < -0.3 is 10.2 Å². The molecule has 0 bridgehead atoms. The van der Waals surface area contributed by atoms with Crippen LogP contribution in [0.25, 0.3) is 0 Å². The highest BCUT2D eigenvalue weighted by molar-refractivity contribution is 5.86. The van der Waals surface area contributed by atoms with Crippen molar-refractivity contribution in [2.75, 3.05) is 26.7 Å². The summed E-state index contributed by atoms with van der Waals surface area (Å²) in [5.74, 6) is 2.97. The Kier molecular flexibility index (Phi) is 4.64. The zero-order chi connectivity index (χ0) is 10.4. The molecule has 3 nitrogen and oxygen atoms in total. The van der Waals surface area contributed by atoms with Crippen LogP contribution in [0.4, 0.5) is 0 Å². The van der Waals surface area contributed by atoms with Crippen LogP contribution in [0.1, 0.15) is 19.3 Å². The molecule has 1 aliphatic heterocycles. The number of nitrogens with zero attached hydrogens (tertiary/aromatic N) is 1. The van der Waals surface area contributed by atoms with Crippen molar-refractivity contribution in [1.29, 1.82) is 0 Å². The fraction of sp³-hybridized carbons (Fsp3) is 0.727. The van der Waals surface area contributed by atoms with Gasteiger partial charge in [-0.05, 0) is 20.0 Å². The predicted molar refractivity (Wildman–Crippen MR) is 57.0 cm³/mol. The fourth-order valence-corrected chi connectivity index (χ4v) is 1.64. The van der Waals surface area contributed by atoms with E-state index in [1.807, 2.05) is 7.05 Å². The third-order valence-electron chi connectivity index (χ3n) is 2.59. The quantitative estimate of drug-likeness (QED) is 0.637. The lowest BCUT2D eigenvalue weighted by Crippen LogP contribution is -2.32. The third-order valence-corrected chi connectivity index (χ3v) is 2.59. The summed E-state index contributed by atoms with van der Waals surface area (Å²) in [5.41, 5.74) is 0. The normalized spacial score (nSPS) is 21.5. The van der Waals surface area contributed by atoms with Gasteiger partial charge in [-0.1, -0.05) is 0 Å². The van der Waals surface area contributed by atoms with Crippen LogP contribution in [0.15, 0.2) is 0 Å². The summed E-state index contributed by atoms with van der Waals surface area (Å²) in [6, 6.07) is 0.0864. The minimum absolute atomic E-state index is 0.0864. The summed E-state index contributed by atoms with van der Waals surface area (Å²) in [5, 5.41) is 3.20. The summed E-state index contributed by atoms with van der Waals surface area (Å²) in [6.07, 6.45) is 7.55. The molecule has 1 fully saturated rings. The Hall–Kier alpha value is -0.850. The van der Waals surface area contributed by atoms with Crippen LogP contribution in [-0.2, 0) is 4.79 Å². The summed E-state index contributed by atoms with van der Waals surface area (Å²) in [4.78, 5) is 13.5. The standard InChI is InChI=1S/C11H18N2O/c1-3-4-8-13(2)9-6-10-11(14)5-7-12-10/h1,10,12H,4-9H2,2H3. The molecule has 1 aliphatic rings. The Balaban J connectivity index is 2.13. The van der Waals surface area contributed by atoms with Gasteiger partial charge in [0.05, 0.1) is 6.04 Å². The molecule has 0 aromatic rings. The van der Waals surface area contributed by atoms with Crippen LogP contribution in [0.5, 0.6) is 0 Å². The molecule has 0 amide bonds. The first-order valence-electron chi connectivity index (χ1n) is 5.12. The van der Waals surface area contributed by atoms with Crippen molar-refractivity contribution >= 4 is 5.78 Å². The molecule has 0 aliphatic carbocycles. The van der Waals surface area contributed by atoms with Gasteiger partial charge in [0.1, 0.15) is 0 Å². The van der Waals surface area contributed by atoms with Crippen LogP contribution in [0.2, 0.25) is 0 Å². The number of rotatable bonds is 5. The molecular formula is C11H18N2O. The first-order valence-corrected chi connectivity index (χ1v) is 5.12. The van der Waals surface area contributed by atoms with Crippen LogP contribution in [0, 0.1) is 12.3 Å². The van der Waals surface area contributed by atoms with E-state index in [0.29, 0.717) is 12.2 Å². The SMILES string of the molecule is C#CCCN(C)CCC1NCCC1=O. The second-order valence-electron chi connectivity index (χ2n) is 3.77. The van der Waals surface area contributed by atoms with E-state index in [0.717, 1.165) is 32.5 Å². The molecule has 0 saturated carbocycles. The predicted octanol–water partition coefficient (Wildman–Crippen LogP) is 0.263. The fourth-order valence-electron chi connectivity index (χ4n) is 1.64. The molecule has 1 rings (SSSR count). The van der Waals surface area contributed by atoms with Gasteiger partial charge in [-0.3, -0.25) is 4.79 Å². The van der Waals surface area contributed by atoms with Gasteiger partial charge in [-0.25, -0.2) is 0 Å². The molecule has 1 atom stereocenters. The van der Waals surface area contributed by atoms with E-state index in [1.165, 1.54) is 0 Å². The lowest BCUT2D eigenvalue weighted by Gasteiger charge is -2.17. The number of carbonyl (C=O) groups excluding carboxylic acids is 1. The minimum Gasteiger partial charge on any atom is -0.307 e. The molecule has 14 heavy (non-hydrogen) atoms. The maximum atomic E-state index is 11.3. The maximum absolute atomic E-state index is 11.3. The number of terminal acetylenes is 1. The molecule has 0 radical (unpaired) electrons. The van der Waals surface area contributed by atoms with Crippen LogP contribution in [0.3, 0.4) is 0 Å².